The number of hydrogen-bond donors (Lipinski definition) is 2. The van der Waals surface area contributed by atoms with Gasteiger partial charge in [0.05, 0.1) is 27.5 Å². The van der Waals surface area contributed by atoms with Crippen LogP contribution in [0.25, 0.3) is 0 Å². The van der Waals surface area contributed by atoms with E-state index in [1.165, 1.54) is 0 Å². The first kappa shape index (κ1) is 22.0. The van der Waals surface area contributed by atoms with Gasteiger partial charge in [0.1, 0.15) is 11.6 Å². The van der Waals surface area contributed by atoms with Crippen molar-refractivity contribution in [3.8, 4) is 0 Å². The second kappa shape index (κ2) is 8.57. The monoisotopic (exact) mass is 502 g/mol. The smallest absolute Gasteiger partial charge is 0.150 e. The molecule has 2 aromatic heterocycles. The van der Waals surface area contributed by atoms with Crippen molar-refractivity contribution in [2.45, 2.75) is 24.7 Å². The normalized spacial score (nSPS) is 24.6. The van der Waals surface area contributed by atoms with Crippen LogP contribution in [0.1, 0.15) is 35.8 Å². The highest BCUT2D eigenvalue weighted by Crippen LogP contribution is 2.31. The fraction of sp³-hybridized carbons (Fsp3) is 0.444. The number of nitrogens with zero attached hydrogens (tertiary/aromatic N) is 2. The van der Waals surface area contributed by atoms with Crippen molar-refractivity contribution in [2.75, 3.05) is 34.5 Å². The van der Waals surface area contributed by atoms with E-state index in [0.717, 1.165) is 15.6 Å². The lowest BCUT2D eigenvalue weighted by molar-refractivity contribution is 0.600. The SMILES string of the molecule is Nc1ccc(C2CCS(=O)(=O)C2)cn1.Nc1ncc(C2CCS(=O)(=O)C2)cc1Br. The number of aromatic nitrogens is 2. The molecule has 2 fully saturated rings. The summed E-state index contributed by atoms with van der Waals surface area (Å²) in [6.07, 6.45) is 4.71. The highest BCUT2D eigenvalue weighted by molar-refractivity contribution is 9.10. The zero-order valence-corrected chi connectivity index (χ0v) is 18.9. The van der Waals surface area contributed by atoms with Crippen LogP contribution < -0.4 is 11.5 Å². The quantitative estimate of drug-likeness (QED) is 0.632. The summed E-state index contributed by atoms with van der Waals surface area (Å²) in [5, 5.41) is 0. The van der Waals surface area contributed by atoms with Gasteiger partial charge < -0.3 is 11.5 Å². The Morgan fingerprint density at radius 3 is 1.86 bits per heavy atom. The van der Waals surface area contributed by atoms with Gasteiger partial charge in [0.25, 0.3) is 0 Å². The standard InChI is InChI=1S/C9H11BrN2O2S.C9H12N2O2S/c10-8-3-7(4-12-9(8)11)6-1-2-15(13,14)5-6;10-9-2-1-7(5-11-9)8-3-4-14(12,13)6-8/h3-4,6H,1-2,5H2,(H2,11,12);1-2,5,8H,3-4,6H2,(H2,10,11). The van der Waals surface area contributed by atoms with Crippen LogP contribution in [-0.2, 0) is 19.7 Å². The average Bonchev–Trinajstić information content (AvgIpc) is 3.20. The number of rotatable bonds is 2. The summed E-state index contributed by atoms with van der Waals surface area (Å²) in [7, 11) is -5.65. The molecule has 2 saturated heterocycles. The van der Waals surface area contributed by atoms with Gasteiger partial charge in [0.15, 0.2) is 19.7 Å². The fourth-order valence-electron chi connectivity index (χ4n) is 3.46. The second-order valence-electron chi connectivity index (χ2n) is 7.35. The minimum atomic E-state index is -2.84. The van der Waals surface area contributed by atoms with E-state index < -0.39 is 19.7 Å². The van der Waals surface area contributed by atoms with E-state index >= 15 is 0 Å². The molecule has 2 aliphatic rings. The first-order chi connectivity index (χ1) is 13.5. The molecule has 11 heteroatoms. The molecule has 8 nitrogen and oxygen atoms in total. The average molecular weight is 503 g/mol. The minimum absolute atomic E-state index is 0.0689. The van der Waals surface area contributed by atoms with Crippen LogP contribution in [0.5, 0.6) is 0 Å². The van der Waals surface area contributed by atoms with E-state index in [1.54, 1.807) is 18.5 Å². The lowest BCUT2D eigenvalue weighted by Crippen LogP contribution is -2.04. The third-order valence-electron chi connectivity index (χ3n) is 5.11. The van der Waals surface area contributed by atoms with Gasteiger partial charge in [-0.3, -0.25) is 0 Å². The van der Waals surface area contributed by atoms with Gasteiger partial charge in [0, 0.05) is 24.2 Å². The van der Waals surface area contributed by atoms with Gasteiger partial charge >= 0.3 is 0 Å². The second-order valence-corrected chi connectivity index (χ2v) is 12.7. The Bertz CT molecular complexity index is 1090. The Morgan fingerprint density at radius 2 is 1.41 bits per heavy atom. The van der Waals surface area contributed by atoms with Gasteiger partial charge in [-0.1, -0.05) is 6.07 Å². The molecule has 2 aromatic rings. The van der Waals surface area contributed by atoms with Crippen molar-refractivity contribution in [1.29, 1.82) is 0 Å². The molecular weight excluding hydrogens is 480 g/mol. The molecule has 2 atom stereocenters. The molecular formula is C18H23BrN4O4S2. The molecule has 4 rings (SSSR count). The topological polar surface area (TPSA) is 146 Å². The van der Waals surface area contributed by atoms with E-state index in [2.05, 4.69) is 25.9 Å². The maximum atomic E-state index is 11.3. The van der Waals surface area contributed by atoms with Gasteiger partial charge in [-0.15, -0.1) is 0 Å². The summed E-state index contributed by atoms with van der Waals surface area (Å²) in [6.45, 7) is 0. The van der Waals surface area contributed by atoms with E-state index in [9.17, 15) is 16.8 Å². The van der Waals surface area contributed by atoms with Crippen molar-refractivity contribution in [1.82, 2.24) is 9.97 Å². The van der Waals surface area contributed by atoms with E-state index in [1.807, 2.05) is 12.1 Å². The number of pyridine rings is 2. The van der Waals surface area contributed by atoms with Crippen LogP contribution in [-0.4, -0.2) is 49.8 Å². The number of nitrogen functional groups attached to an aromatic ring is 2. The molecule has 0 aliphatic carbocycles. The van der Waals surface area contributed by atoms with Crippen LogP contribution in [0.3, 0.4) is 0 Å². The fourth-order valence-corrected chi connectivity index (χ4v) is 7.39. The number of hydrogen-bond acceptors (Lipinski definition) is 8. The number of sulfone groups is 2. The molecule has 0 spiro atoms. The summed E-state index contributed by atoms with van der Waals surface area (Å²) in [6, 6.07) is 5.42. The largest absolute Gasteiger partial charge is 0.384 e. The Morgan fingerprint density at radius 1 is 0.862 bits per heavy atom. The number of nitrogens with two attached hydrogens (primary N) is 2. The zero-order valence-electron chi connectivity index (χ0n) is 15.7. The number of anilines is 2. The molecule has 158 valence electrons. The van der Waals surface area contributed by atoms with Crippen LogP contribution in [0.4, 0.5) is 11.6 Å². The molecule has 0 bridgehead atoms. The predicted octanol–water partition coefficient (Wildman–Crippen LogP) is 1.89. The molecule has 29 heavy (non-hydrogen) atoms. The van der Waals surface area contributed by atoms with Crippen molar-refractivity contribution in [3.05, 3.63) is 46.2 Å². The maximum Gasteiger partial charge on any atom is 0.150 e. The van der Waals surface area contributed by atoms with Gasteiger partial charge in [-0.25, -0.2) is 26.8 Å². The third-order valence-corrected chi connectivity index (χ3v) is 9.28. The first-order valence-corrected chi connectivity index (χ1v) is 13.5. The Balaban J connectivity index is 0.000000166. The van der Waals surface area contributed by atoms with Crippen LogP contribution in [0, 0.1) is 0 Å². The van der Waals surface area contributed by atoms with Crippen LogP contribution in [0.2, 0.25) is 0 Å². The van der Waals surface area contributed by atoms with E-state index in [0.29, 0.717) is 30.2 Å². The predicted molar refractivity (Wildman–Crippen MR) is 117 cm³/mol. The van der Waals surface area contributed by atoms with Gasteiger partial charge in [-0.05, 0) is 52.0 Å². The molecule has 0 saturated carbocycles. The third kappa shape index (κ3) is 5.89. The molecule has 0 aromatic carbocycles. The summed E-state index contributed by atoms with van der Waals surface area (Å²) >= 11 is 3.28. The minimum Gasteiger partial charge on any atom is -0.384 e. The maximum absolute atomic E-state index is 11.3. The molecule has 0 amide bonds. The van der Waals surface area contributed by atoms with Gasteiger partial charge in [0.2, 0.25) is 0 Å². The Hall–Kier alpha value is -1.72. The van der Waals surface area contributed by atoms with Crippen LogP contribution >= 0.6 is 15.9 Å². The van der Waals surface area contributed by atoms with Crippen molar-refractivity contribution < 1.29 is 16.8 Å². The van der Waals surface area contributed by atoms with E-state index in [-0.39, 0.29) is 29.1 Å². The zero-order chi connectivity index (χ0) is 21.2. The lowest BCUT2D eigenvalue weighted by Gasteiger charge is -2.08. The van der Waals surface area contributed by atoms with Gasteiger partial charge in [-0.2, -0.15) is 0 Å². The Kier molecular flexibility index (Phi) is 6.49. The molecule has 4 heterocycles. The molecule has 4 N–H and O–H groups in total. The summed E-state index contributed by atoms with van der Waals surface area (Å²) in [4.78, 5) is 7.96. The summed E-state index contributed by atoms with van der Waals surface area (Å²) in [5.41, 5.74) is 12.9. The first-order valence-electron chi connectivity index (χ1n) is 9.08. The molecule has 2 unspecified atom stereocenters. The van der Waals surface area contributed by atoms with Crippen LogP contribution in [0.15, 0.2) is 35.1 Å². The summed E-state index contributed by atoms with van der Waals surface area (Å²) < 4.78 is 45.8. The van der Waals surface area contributed by atoms with E-state index in [4.69, 9.17) is 11.5 Å². The number of halogens is 1. The highest BCUT2D eigenvalue weighted by atomic mass is 79.9. The Labute approximate surface area is 179 Å². The molecule has 2 aliphatic heterocycles. The highest BCUT2D eigenvalue weighted by Gasteiger charge is 2.30. The van der Waals surface area contributed by atoms with Crippen molar-refractivity contribution in [3.63, 3.8) is 0 Å². The molecule has 0 radical (unpaired) electrons. The summed E-state index contributed by atoms with van der Waals surface area (Å²) in [5.74, 6) is 2.12. The van der Waals surface area contributed by atoms with Crippen molar-refractivity contribution in [2.24, 2.45) is 0 Å². The lowest BCUT2D eigenvalue weighted by atomic mass is 10.0. The van der Waals surface area contributed by atoms with Crippen molar-refractivity contribution >= 4 is 47.2 Å².